The Kier molecular flexibility index (Phi) is 74.9. The fourth-order valence-corrected chi connectivity index (χ4v) is 12.2. The number of nitrogens with two attached hydrogens (primary N) is 1. The van der Waals surface area contributed by atoms with Crippen molar-refractivity contribution in [3.05, 3.63) is 109 Å². The standard InChI is InChI=1S/C83H148NO8P/c1-3-5-7-9-11-13-15-17-19-21-23-25-27-29-31-33-35-36-37-38-39-40-41-42-43-44-46-47-49-51-53-55-57-59-61-63-65-67-69-71-73-75-82(85)89-79-81(80-91-93(87,88)90-78-77-84)92-83(86)76-74-72-70-68-66-64-62-60-58-56-54-52-50-48-45-34-32-30-28-26-24-22-20-18-16-14-12-10-8-6-4-2/h5-8,11-14,17-20,23-26,30,32,81H,3-4,9-10,15-16,21-22,27-29,31,33-80,84H2,1-2H3,(H,87,88)/b7-5-,8-6-,13-11-,14-12-,19-17-,20-18-,25-23-,26-24-,32-30-. The first-order chi connectivity index (χ1) is 45.8. The molecule has 93 heavy (non-hydrogen) atoms. The molecule has 9 nitrogen and oxygen atoms in total. The van der Waals surface area contributed by atoms with E-state index in [0.29, 0.717) is 6.42 Å². The van der Waals surface area contributed by atoms with E-state index in [2.05, 4.69) is 123 Å². The minimum absolute atomic E-state index is 0.0524. The molecule has 0 heterocycles. The van der Waals surface area contributed by atoms with Gasteiger partial charge in [-0.15, -0.1) is 0 Å². The van der Waals surface area contributed by atoms with Crippen molar-refractivity contribution in [2.24, 2.45) is 5.73 Å². The lowest BCUT2D eigenvalue weighted by atomic mass is 10.0. The van der Waals surface area contributed by atoms with Crippen LogP contribution in [0.1, 0.15) is 373 Å². The summed E-state index contributed by atoms with van der Waals surface area (Å²) in [6.45, 7) is 3.57. The van der Waals surface area contributed by atoms with Gasteiger partial charge >= 0.3 is 19.8 Å². The molecular formula is C83H148NO8P. The number of rotatable bonds is 74. The number of ether oxygens (including phenoxy) is 2. The number of carbonyl (C=O) groups is 2. The molecule has 0 aliphatic heterocycles. The molecule has 0 saturated carbocycles. The zero-order chi connectivity index (χ0) is 67.2. The van der Waals surface area contributed by atoms with Crippen LogP contribution in [0.15, 0.2) is 109 Å². The summed E-state index contributed by atoms with van der Waals surface area (Å²) < 4.78 is 33.3. The zero-order valence-corrected chi connectivity index (χ0v) is 61.6. The summed E-state index contributed by atoms with van der Waals surface area (Å²) in [5, 5.41) is 0. The average molecular weight is 1320 g/mol. The number of allylic oxidation sites excluding steroid dienone is 18. The van der Waals surface area contributed by atoms with E-state index in [1.807, 2.05) is 0 Å². The second-order valence-corrected chi connectivity index (χ2v) is 27.6. The van der Waals surface area contributed by atoms with Crippen molar-refractivity contribution in [2.75, 3.05) is 26.4 Å². The maximum Gasteiger partial charge on any atom is 0.472 e. The highest BCUT2D eigenvalue weighted by atomic mass is 31.2. The molecule has 0 saturated heterocycles. The molecule has 0 aliphatic rings. The Morgan fingerprint density at radius 2 is 0.559 bits per heavy atom. The third-order valence-electron chi connectivity index (χ3n) is 17.2. The van der Waals surface area contributed by atoms with Crippen LogP contribution >= 0.6 is 7.82 Å². The van der Waals surface area contributed by atoms with Crippen LogP contribution in [0.4, 0.5) is 0 Å². The van der Waals surface area contributed by atoms with Gasteiger partial charge in [0, 0.05) is 19.4 Å². The molecule has 0 bridgehead atoms. The number of hydrogen-bond donors (Lipinski definition) is 2. The Morgan fingerprint density at radius 1 is 0.323 bits per heavy atom. The fourth-order valence-electron chi connectivity index (χ4n) is 11.4. The Labute approximate surface area is 575 Å². The van der Waals surface area contributed by atoms with Gasteiger partial charge in [-0.2, -0.15) is 0 Å². The summed E-state index contributed by atoms with van der Waals surface area (Å²) in [5.41, 5.74) is 5.41. The molecular weight excluding hydrogens is 1170 g/mol. The van der Waals surface area contributed by atoms with Crippen molar-refractivity contribution >= 4 is 19.8 Å². The van der Waals surface area contributed by atoms with Gasteiger partial charge in [-0.1, -0.05) is 374 Å². The van der Waals surface area contributed by atoms with Gasteiger partial charge < -0.3 is 20.1 Å². The van der Waals surface area contributed by atoms with Crippen molar-refractivity contribution in [3.63, 3.8) is 0 Å². The maximum absolute atomic E-state index is 12.8. The van der Waals surface area contributed by atoms with Crippen LogP contribution in [0.2, 0.25) is 0 Å². The molecule has 2 unspecified atom stereocenters. The smallest absolute Gasteiger partial charge is 0.462 e. The van der Waals surface area contributed by atoms with Crippen molar-refractivity contribution in [2.45, 2.75) is 380 Å². The van der Waals surface area contributed by atoms with Crippen LogP contribution in [0.25, 0.3) is 0 Å². The topological polar surface area (TPSA) is 134 Å². The molecule has 0 aromatic heterocycles. The lowest BCUT2D eigenvalue weighted by molar-refractivity contribution is -0.161. The number of esters is 2. The Bertz CT molecular complexity index is 1900. The van der Waals surface area contributed by atoms with Gasteiger partial charge in [0.1, 0.15) is 6.61 Å². The van der Waals surface area contributed by atoms with E-state index in [-0.39, 0.29) is 38.6 Å². The molecule has 0 aliphatic carbocycles. The largest absolute Gasteiger partial charge is 0.472 e. The van der Waals surface area contributed by atoms with Crippen molar-refractivity contribution in [1.82, 2.24) is 0 Å². The van der Waals surface area contributed by atoms with E-state index >= 15 is 0 Å². The lowest BCUT2D eigenvalue weighted by Crippen LogP contribution is -2.29. The summed E-state index contributed by atoms with van der Waals surface area (Å²) in [6.07, 6.45) is 108. The fraction of sp³-hybridized carbons (Fsp3) is 0.759. The van der Waals surface area contributed by atoms with Crippen LogP contribution in [0, 0.1) is 0 Å². The molecule has 0 aromatic carbocycles. The normalized spacial score (nSPS) is 13.5. The average Bonchev–Trinajstić information content (AvgIpc) is 3.70. The first-order valence-electron chi connectivity index (χ1n) is 39.4. The van der Waals surface area contributed by atoms with Crippen LogP contribution in [-0.2, 0) is 32.7 Å². The quantitative estimate of drug-likeness (QED) is 0.0264. The third-order valence-corrected chi connectivity index (χ3v) is 18.1. The van der Waals surface area contributed by atoms with E-state index in [1.165, 1.54) is 244 Å². The number of carbonyl (C=O) groups excluding carboxylic acids is 2. The molecule has 2 atom stereocenters. The summed E-state index contributed by atoms with van der Waals surface area (Å²) in [5.74, 6) is -0.812. The Morgan fingerprint density at radius 3 is 0.828 bits per heavy atom. The van der Waals surface area contributed by atoms with Crippen molar-refractivity contribution in [3.8, 4) is 0 Å². The van der Waals surface area contributed by atoms with E-state index < -0.39 is 26.5 Å². The summed E-state index contributed by atoms with van der Waals surface area (Å²) in [4.78, 5) is 35.5. The molecule has 10 heteroatoms. The predicted octanol–water partition coefficient (Wildman–Crippen LogP) is 26.4. The predicted molar refractivity (Wildman–Crippen MR) is 404 cm³/mol. The van der Waals surface area contributed by atoms with Gasteiger partial charge in [0.05, 0.1) is 13.2 Å². The molecule has 0 radical (unpaired) electrons. The van der Waals surface area contributed by atoms with Crippen molar-refractivity contribution < 1.29 is 37.6 Å². The molecule has 538 valence electrons. The maximum atomic E-state index is 12.8. The van der Waals surface area contributed by atoms with Crippen LogP contribution in [0.3, 0.4) is 0 Å². The SMILES string of the molecule is CC/C=C\C/C=C\C/C=C\C/C=C\C/C=C\CCCCCCCCCCCCCCCCCC(=O)OC(COC(=O)CCCCCCCCCCCCCCCCCCCCCCCCCCCCCC/C=C\C/C=C\C/C=C\C/C=C\CC)COP(=O)(O)OCCN. The van der Waals surface area contributed by atoms with E-state index in [0.717, 1.165) is 96.3 Å². The van der Waals surface area contributed by atoms with Crippen LogP contribution in [0.5, 0.6) is 0 Å². The second-order valence-electron chi connectivity index (χ2n) is 26.2. The minimum Gasteiger partial charge on any atom is -0.462 e. The zero-order valence-electron chi connectivity index (χ0n) is 60.7. The van der Waals surface area contributed by atoms with Crippen LogP contribution in [-0.4, -0.2) is 49.3 Å². The molecule has 0 amide bonds. The summed E-state index contributed by atoms with van der Waals surface area (Å²) >= 11 is 0. The first-order valence-corrected chi connectivity index (χ1v) is 40.9. The number of hydrogen-bond acceptors (Lipinski definition) is 8. The van der Waals surface area contributed by atoms with E-state index in [4.69, 9.17) is 24.3 Å². The number of phosphoric ester groups is 1. The Balaban J connectivity index is 3.77. The number of phosphoric acid groups is 1. The number of unbranched alkanes of at least 4 members (excludes halogenated alkanes) is 43. The highest BCUT2D eigenvalue weighted by Gasteiger charge is 2.26. The second kappa shape index (κ2) is 77.7. The molecule has 0 fully saturated rings. The molecule has 0 spiro atoms. The van der Waals surface area contributed by atoms with Gasteiger partial charge in [0.2, 0.25) is 0 Å². The van der Waals surface area contributed by atoms with Gasteiger partial charge in [-0.3, -0.25) is 18.6 Å². The third kappa shape index (κ3) is 77.6. The first kappa shape index (κ1) is 89.7. The molecule has 0 rings (SSSR count). The molecule has 0 aromatic rings. The van der Waals surface area contributed by atoms with Gasteiger partial charge in [-0.05, 0) is 96.3 Å². The van der Waals surface area contributed by atoms with Crippen molar-refractivity contribution in [1.29, 1.82) is 0 Å². The van der Waals surface area contributed by atoms with E-state index in [9.17, 15) is 19.0 Å². The minimum atomic E-state index is -4.40. The monoisotopic (exact) mass is 1320 g/mol. The van der Waals surface area contributed by atoms with E-state index in [1.54, 1.807) is 0 Å². The summed E-state index contributed by atoms with van der Waals surface area (Å²) in [7, 11) is -4.40. The highest BCUT2D eigenvalue weighted by molar-refractivity contribution is 7.47. The summed E-state index contributed by atoms with van der Waals surface area (Å²) in [6, 6.07) is 0. The van der Waals surface area contributed by atoms with Gasteiger partial charge in [-0.25, -0.2) is 4.57 Å². The highest BCUT2D eigenvalue weighted by Crippen LogP contribution is 2.43. The van der Waals surface area contributed by atoms with Gasteiger partial charge in [0.15, 0.2) is 6.10 Å². The Hall–Kier alpha value is -3.33. The lowest BCUT2D eigenvalue weighted by Gasteiger charge is -2.19. The molecule has 3 N–H and O–H groups in total. The van der Waals surface area contributed by atoms with Crippen LogP contribution < -0.4 is 5.73 Å². The van der Waals surface area contributed by atoms with Gasteiger partial charge in [0.25, 0.3) is 0 Å².